The molecule has 1 N–H and O–H groups in total. The predicted octanol–water partition coefficient (Wildman–Crippen LogP) is 3.71. The highest BCUT2D eigenvalue weighted by molar-refractivity contribution is 6.12. The average molecular weight is 350 g/mol. The van der Waals surface area contributed by atoms with Gasteiger partial charge in [0.05, 0.1) is 24.0 Å². The maximum atomic E-state index is 13.9. The van der Waals surface area contributed by atoms with Crippen molar-refractivity contribution in [1.29, 1.82) is 0 Å². The second-order valence-electron chi connectivity index (χ2n) is 6.50. The van der Waals surface area contributed by atoms with Gasteiger partial charge in [-0.15, -0.1) is 0 Å². The summed E-state index contributed by atoms with van der Waals surface area (Å²) < 4.78 is 24.4. The third kappa shape index (κ3) is 2.02. The summed E-state index contributed by atoms with van der Waals surface area (Å²) in [4.78, 5) is 20.4. The van der Waals surface area contributed by atoms with E-state index >= 15 is 0 Å². The molecule has 1 saturated heterocycles. The first-order chi connectivity index (χ1) is 12.7. The van der Waals surface area contributed by atoms with Crippen LogP contribution in [0, 0.1) is 11.7 Å². The topological polar surface area (TPSA) is 63.7 Å². The molecule has 2 aliphatic heterocycles. The Morgan fingerprint density at radius 3 is 2.96 bits per heavy atom. The monoisotopic (exact) mass is 350 g/mol. The molecule has 26 heavy (non-hydrogen) atoms. The minimum Gasteiger partial charge on any atom is -0.494 e. The van der Waals surface area contributed by atoms with Crippen molar-refractivity contribution in [3.63, 3.8) is 0 Å². The molecule has 2 unspecified atom stereocenters. The third-order valence-corrected chi connectivity index (χ3v) is 5.16. The molecule has 0 spiro atoms. The van der Waals surface area contributed by atoms with Crippen molar-refractivity contribution >= 4 is 28.3 Å². The standard InChI is InChI=1S/C20H15FN2O3/c1-25-15-8-11(2-4-12(15)21)16-17-13(5-3-10-6-7-22-19(10)17)23-14-9-26-20(24)18(14)16/h2-8,16,18,22H,9H2,1H3. The number of H-pyrrole nitrogens is 1. The predicted molar refractivity (Wildman–Crippen MR) is 94.6 cm³/mol. The van der Waals surface area contributed by atoms with Gasteiger partial charge in [-0.2, -0.15) is 0 Å². The minimum absolute atomic E-state index is 0.151. The lowest BCUT2D eigenvalue weighted by Crippen LogP contribution is -2.28. The number of fused-ring (bicyclic) bond motifs is 4. The van der Waals surface area contributed by atoms with Gasteiger partial charge in [-0.05, 0) is 35.2 Å². The Hall–Kier alpha value is -3.15. The number of carbonyl (C=O) groups is 1. The molecular weight excluding hydrogens is 335 g/mol. The lowest BCUT2D eigenvalue weighted by atomic mass is 9.76. The Kier molecular flexibility index (Phi) is 3.16. The Bertz CT molecular complexity index is 1090. The number of cyclic esters (lactones) is 1. The maximum Gasteiger partial charge on any atom is 0.316 e. The van der Waals surface area contributed by atoms with Crippen molar-refractivity contribution in [2.24, 2.45) is 10.9 Å². The van der Waals surface area contributed by atoms with E-state index in [1.54, 1.807) is 12.1 Å². The number of nitrogens with one attached hydrogen (secondary N) is 1. The number of ether oxygens (including phenoxy) is 2. The largest absolute Gasteiger partial charge is 0.494 e. The van der Waals surface area contributed by atoms with Crippen LogP contribution in [-0.4, -0.2) is 30.4 Å². The average Bonchev–Trinajstić information content (AvgIpc) is 3.27. The van der Waals surface area contributed by atoms with Crippen LogP contribution >= 0.6 is 0 Å². The van der Waals surface area contributed by atoms with Crippen molar-refractivity contribution in [2.45, 2.75) is 5.92 Å². The molecule has 5 rings (SSSR count). The van der Waals surface area contributed by atoms with Gasteiger partial charge in [0, 0.05) is 17.7 Å². The quantitative estimate of drug-likeness (QED) is 0.717. The molecule has 0 radical (unpaired) electrons. The Labute approximate surface area is 148 Å². The van der Waals surface area contributed by atoms with Gasteiger partial charge in [-0.25, -0.2) is 4.39 Å². The molecule has 0 saturated carbocycles. The van der Waals surface area contributed by atoms with Crippen LogP contribution in [0.15, 0.2) is 47.6 Å². The molecule has 6 heteroatoms. The van der Waals surface area contributed by atoms with Gasteiger partial charge in [0.15, 0.2) is 11.6 Å². The van der Waals surface area contributed by atoms with Crippen LogP contribution in [0.4, 0.5) is 10.1 Å². The number of carbonyl (C=O) groups excluding carboxylic acids is 1. The van der Waals surface area contributed by atoms with Crippen LogP contribution in [0.5, 0.6) is 5.75 Å². The highest BCUT2D eigenvalue weighted by Gasteiger charge is 2.45. The molecule has 3 heterocycles. The van der Waals surface area contributed by atoms with Gasteiger partial charge < -0.3 is 14.5 Å². The zero-order valence-electron chi connectivity index (χ0n) is 14.0. The number of halogens is 1. The lowest BCUT2D eigenvalue weighted by molar-refractivity contribution is -0.141. The first-order valence-electron chi connectivity index (χ1n) is 8.35. The molecule has 0 aliphatic carbocycles. The maximum absolute atomic E-state index is 13.9. The molecule has 2 aliphatic rings. The highest BCUT2D eigenvalue weighted by atomic mass is 19.1. The van der Waals surface area contributed by atoms with Crippen LogP contribution in [0.3, 0.4) is 0 Å². The van der Waals surface area contributed by atoms with Crippen molar-refractivity contribution in [1.82, 2.24) is 4.98 Å². The van der Waals surface area contributed by atoms with Crippen molar-refractivity contribution in [2.75, 3.05) is 13.7 Å². The Balaban J connectivity index is 1.81. The third-order valence-electron chi connectivity index (χ3n) is 5.16. The number of hydrogen-bond acceptors (Lipinski definition) is 4. The van der Waals surface area contributed by atoms with E-state index in [1.807, 2.05) is 24.4 Å². The number of methoxy groups -OCH3 is 1. The van der Waals surface area contributed by atoms with Crippen LogP contribution in [-0.2, 0) is 9.53 Å². The minimum atomic E-state index is -0.508. The van der Waals surface area contributed by atoms with E-state index in [9.17, 15) is 9.18 Å². The van der Waals surface area contributed by atoms with E-state index in [2.05, 4.69) is 9.98 Å². The van der Waals surface area contributed by atoms with E-state index in [0.717, 1.165) is 27.7 Å². The molecule has 2 aromatic carbocycles. The van der Waals surface area contributed by atoms with Gasteiger partial charge in [-0.3, -0.25) is 9.79 Å². The van der Waals surface area contributed by atoms with Crippen molar-refractivity contribution < 1.29 is 18.7 Å². The van der Waals surface area contributed by atoms with Gasteiger partial charge >= 0.3 is 5.97 Å². The molecule has 1 fully saturated rings. The number of aromatic amines is 1. The Morgan fingerprint density at radius 1 is 1.23 bits per heavy atom. The summed E-state index contributed by atoms with van der Waals surface area (Å²) in [5, 5.41) is 1.04. The zero-order chi connectivity index (χ0) is 17.8. The summed E-state index contributed by atoms with van der Waals surface area (Å²) in [7, 11) is 1.43. The summed E-state index contributed by atoms with van der Waals surface area (Å²) in [6, 6.07) is 10.6. The van der Waals surface area contributed by atoms with E-state index < -0.39 is 11.7 Å². The van der Waals surface area contributed by atoms with Gasteiger partial charge in [0.2, 0.25) is 0 Å². The second-order valence-corrected chi connectivity index (χ2v) is 6.50. The van der Waals surface area contributed by atoms with E-state index in [4.69, 9.17) is 9.47 Å². The van der Waals surface area contributed by atoms with Crippen molar-refractivity contribution in [3.8, 4) is 5.75 Å². The normalized spacial score (nSPS) is 21.2. The summed E-state index contributed by atoms with van der Waals surface area (Å²) in [5.74, 6) is -1.41. The summed E-state index contributed by atoms with van der Waals surface area (Å²) >= 11 is 0. The molecule has 0 amide bonds. The van der Waals surface area contributed by atoms with Gasteiger partial charge in [-0.1, -0.05) is 12.1 Å². The highest BCUT2D eigenvalue weighted by Crippen LogP contribution is 2.47. The fourth-order valence-electron chi connectivity index (χ4n) is 3.99. The molecule has 0 bridgehead atoms. The summed E-state index contributed by atoms with van der Waals surface area (Å²) in [6.45, 7) is 0.195. The molecule has 5 nitrogen and oxygen atoms in total. The van der Waals surface area contributed by atoms with Crippen LogP contribution in [0.25, 0.3) is 10.9 Å². The van der Waals surface area contributed by atoms with E-state index in [-0.39, 0.29) is 24.2 Å². The molecule has 130 valence electrons. The van der Waals surface area contributed by atoms with Gasteiger partial charge in [0.1, 0.15) is 12.5 Å². The smallest absolute Gasteiger partial charge is 0.316 e. The second kappa shape index (κ2) is 5.42. The number of hydrogen-bond donors (Lipinski definition) is 1. The first-order valence-corrected chi connectivity index (χ1v) is 8.35. The van der Waals surface area contributed by atoms with Gasteiger partial charge in [0.25, 0.3) is 0 Å². The van der Waals surface area contributed by atoms with Crippen molar-refractivity contribution in [3.05, 3.63) is 59.5 Å². The lowest BCUT2D eigenvalue weighted by Gasteiger charge is -2.28. The molecule has 1 aromatic heterocycles. The first kappa shape index (κ1) is 15.1. The fourth-order valence-corrected chi connectivity index (χ4v) is 3.99. The zero-order valence-corrected chi connectivity index (χ0v) is 14.0. The SMILES string of the molecule is COc1cc(C2c3c(ccc4cc[nH]c34)N=C3COC(=O)C32)ccc1F. The number of nitrogens with zero attached hydrogens (tertiary/aromatic N) is 1. The van der Waals surface area contributed by atoms with E-state index in [0.29, 0.717) is 5.71 Å². The number of esters is 1. The molecule has 2 atom stereocenters. The van der Waals surface area contributed by atoms with E-state index in [1.165, 1.54) is 13.2 Å². The summed E-state index contributed by atoms with van der Waals surface area (Å²) in [5.41, 5.74) is 4.16. The molecular formula is C20H15FN2O3. The number of benzene rings is 2. The van der Waals surface area contributed by atoms with Crippen LogP contribution < -0.4 is 4.74 Å². The van der Waals surface area contributed by atoms with Crippen LogP contribution in [0.2, 0.25) is 0 Å². The van der Waals surface area contributed by atoms with Crippen LogP contribution in [0.1, 0.15) is 17.0 Å². The molecule has 3 aromatic rings. The fraction of sp³-hybridized carbons (Fsp3) is 0.200. The Morgan fingerprint density at radius 2 is 2.12 bits per heavy atom. The number of aromatic nitrogens is 1. The summed E-state index contributed by atoms with van der Waals surface area (Å²) in [6.07, 6.45) is 1.86. The number of aliphatic imine (C=N–C) groups is 1. The number of rotatable bonds is 2.